The number of hydrogen-bond donors (Lipinski definition) is 1. The van der Waals surface area contributed by atoms with Gasteiger partial charge in [0.2, 0.25) is 5.91 Å². The number of nitrogens with zero attached hydrogens (tertiary/aromatic N) is 2. The van der Waals surface area contributed by atoms with Crippen molar-refractivity contribution in [2.24, 2.45) is 5.92 Å². The largest absolute Gasteiger partial charge is 0.366 e. The highest BCUT2D eigenvalue weighted by atomic mass is 16.6. The smallest absolute Gasteiger partial charge is 0.292 e. The van der Waals surface area contributed by atoms with Gasteiger partial charge in [0.1, 0.15) is 5.69 Å². The molecule has 1 N–H and O–H groups in total. The summed E-state index contributed by atoms with van der Waals surface area (Å²) in [6, 6.07) is 17.1. The number of para-hydroxylation sites is 2. The second kappa shape index (κ2) is 9.35. The van der Waals surface area contributed by atoms with E-state index in [1.165, 1.54) is 11.6 Å². The Morgan fingerprint density at radius 1 is 1.14 bits per heavy atom. The number of carbonyl (C=O) groups is 1. The van der Waals surface area contributed by atoms with Crippen LogP contribution in [0.25, 0.3) is 0 Å². The highest BCUT2D eigenvalue weighted by molar-refractivity contribution is 5.79. The van der Waals surface area contributed by atoms with Gasteiger partial charge in [0.15, 0.2) is 0 Å². The maximum absolute atomic E-state index is 12.6. The number of nitrogens with one attached hydrogen (secondary N) is 1. The molecule has 6 nitrogen and oxygen atoms in total. The molecule has 0 saturated carbocycles. The maximum atomic E-state index is 12.6. The zero-order valence-corrected chi connectivity index (χ0v) is 16.2. The number of anilines is 1. The standard InChI is InChI=1S/C22H27N3O3/c1-2-17(18-8-4-3-5-9-18)16-23-22(26)19-12-14-24(15-13-19)20-10-6-7-11-21(20)25(27)28/h3-11,17,19H,2,12-16H2,1H3,(H,23,26). The molecule has 2 aromatic carbocycles. The maximum Gasteiger partial charge on any atom is 0.292 e. The quantitative estimate of drug-likeness (QED) is 0.578. The van der Waals surface area contributed by atoms with Crippen molar-refractivity contribution >= 4 is 17.3 Å². The third-order valence-electron chi connectivity index (χ3n) is 5.57. The van der Waals surface area contributed by atoms with Gasteiger partial charge < -0.3 is 10.2 Å². The van der Waals surface area contributed by atoms with Crippen LogP contribution in [-0.4, -0.2) is 30.5 Å². The lowest BCUT2D eigenvalue weighted by Crippen LogP contribution is -2.41. The molecule has 6 heteroatoms. The molecule has 1 saturated heterocycles. The van der Waals surface area contributed by atoms with Gasteiger partial charge in [-0.3, -0.25) is 14.9 Å². The van der Waals surface area contributed by atoms with Gasteiger partial charge in [0, 0.05) is 37.5 Å². The van der Waals surface area contributed by atoms with Crippen LogP contribution < -0.4 is 10.2 Å². The van der Waals surface area contributed by atoms with Crippen molar-refractivity contribution in [3.63, 3.8) is 0 Å². The summed E-state index contributed by atoms with van der Waals surface area (Å²) in [6.45, 7) is 4.08. The van der Waals surface area contributed by atoms with Crippen LogP contribution in [0.2, 0.25) is 0 Å². The first-order valence-electron chi connectivity index (χ1n) is 9.91. The molecule has 1 unspecified atom stereocenters. The lowest BCUT2D eigenvalue weighted by atomic mass is 9.93. The average Bonchev–Trinajstić information content (AvgIpc) is 2.75. The van der Waals surface area contributed by atoms with E-state index >= 15 is 0 Å². The third kappa shape index (κ3) is 4.68. The number of hydrogen-bond acceptors (Lipinski definition) is 4. The summed E-state index contributed by atoms with van der Waals surface area (Å²) in [5, 5.41) is 14.4. The summed E-state index contributed by atoms with van der Waals surface area (Å²) in [5.41, 5.74) is 2.01. The SMILES string of the molecule is CCC(CNC(=O)C1CCN(c2ccccc2[N+](=O)[O-])CC1)c1ccccc1. The van der Waals surface area contributed by atoms with E-state index in [4.69, 9.17) is 0 Å². The molecule has 1 heterocycles. The van der Waals surface area contributed by atoms with Crippen LogP contribution in [0.1, 0.15) is 37.7 Å². The first-order valence-corrected chi connectivity index (χ1v) is 9.91. The Kier molecular flexibility index (Phi) is 6.63. The third-order valence-corrected chi connectivity index (χ3v) is 5.57. The second-order valence-corrected chi connectivity index (χ2v) is 7.27. The molecule has 2 aromatic rings. The normalized spacial score (nSPS) is 15.8. The van der Waals surface area contributed by atoms with Crippen molar-refractivity contribution in [3.8, 4) is 0 Å². The van der Waals surface area contributed by atoms with Crippen LogP contribution >= 0.6 is 0 Å². The van der Waals surface area contributed by atoms with Gasteiger partial charge in [-0.2, -0.15) is 0 Å². The van der Waals surface area contributed by atoms with E-state index in [9.17, 15) is 14.9 Å². The molecule has 1 aliphatic heterocycles. The highest BCUT2D eigenvalue weighted by Crippen LogP contribution is 2.31. The van der Waals surface area contributed by atoms with Gasteiger partial charge in [-0.1, -0.05) is 49.4 Å². The predicted octanol–water partition coefficient (Wildman–Crippen LogP) is 4.12. The molecular weight excluding hydrogens is 354 g/mol. The summed E-state index contributed by atoms with van der Waals surface area (Å²) < 4.78 is 0. The average molecular weight is 381 g/mol. The number of benzene rings is 2. The number of nitro benzene ring substituents is 1. The van der Waals surface area contributed by atoms with E-state index in [-0.39, 0.29) is 22.4 Å². The van der Waals surface area contributed by atoms with Crippen molar-refractivity contribution < 1.29 is 9.72 Å². The van der Waals surface area contributed by atoms with E-state index in [1.54, 1.807) is 12.1 Å². The number of piperidine rings is 1. The van der Waals surface area contributed by atoms with Crippen molar-refractivity contribution in [2.75, 3.05) is 24.5 Å². The first kappa shape index (κ1) is 19.9. The molecule has 1 fully saturated rings. The van der Waals surface area contributed by atoms with Gasteiger partial charge in [-0.15, -0.1) is 0 Å². The van der Waals surface area contributed by atoms with Gasteiger partial charge in [0.05, 0.1) is 4.92 Å². The summed E-state index contributed by atoms with van der Waals surface area (Å²) in [6.07, 6.45) is 2.39. The molecule has 0 bridgehead atoms. The highest BCUT2D eigenvalue weighted by Gasteiger charge is 2.28. The Morgan fingerprint density at radius 3 is 2.43 bits per heavy atom. The van der Waals surface area contributed by atoms with Gasteiger partial charge in [-0.05, 0) is 30.9 Å². The molecule has 28 heavy (non-hydrogen) atoms. The summed E-state index contributed by atoms with van der Waals surface area (Å²) in [4.78, 5) is 25.5. The lowest BCUT2D eigenvalue weighted by molar-refractivity contribution is -0.384. The van der Waals surface area contributed by atoms with Crippen molar-refractivity contribution in [1.82, 2.24) is 5.32 Å². The fraction of sp³-hybridized carbons (Fsp3) is 0.409. The molecule has 3 rings (SSSR count). The fourth-order valence-corrected chi connectivity index (χ4v) is 3.86. The zero-order valence-electron chi connectivity index (χ0n) is 16.2. The van der Waals surface area contributed by atoms with E-state index in [1.807, 2.05) is 29.2 Å². The molecule has 1 aliphatic rings. The summed E-state index contributed by atoms with van der Waals surface area (Å²) in [7, 11) is 0. The van der Waals surface area contributed by atoms with Crippen LogP contribution in [0.15, 0.2) is 54.6 Å². The Bertz CT molecular complexity index is 802. The monoisotopic (exact) mass is 381 g/mol. The fourth-order valence-electron chi connectivity index (χ4n) is 3.86. The van der Waals surface area contributed by atoms with E-state index in [0.717, 1.165) is 6.42 Å². The molecule has 0 radical (unpaired) electrons. The Labute approximate surface area is 165 Å². The summed E-state index contributed by atoms with van der Waals surface area (Å²) >= 11 is 0. The van der Waals surface area contributed by atoms with E-state index in [2.05, 4.69) is 24.4 Å². The molecule has 148 valence electrons. The molecule has 0 spiro atoms. The Balaban J connectivity index is 1.53. The first-order chi connectivity index (χ1) is 13.6. The molecule has 0 aromatic heterocycles. The van der Waals surface area contributed by atoms with Crippen LogP contribution in [0.5, 0.6) is 0 Å². The van der Waals surface area contributed by atoms with Crippen LogP contribution in [0.4, 0.5) is 11.4 Å². The summed E-state index contributed by atoms with van der Waals surface area (Å²) in [5.74, 6) is 0.376. The predicted molar refractivity (Wildman–Crippen MR) is 111 cm³/mol. The van der Waals surface area contributed by atoms with Crippen molar-refractivity contribution in [2.45, 2.75) is 32.1 Å². The Hall–Kier alpha value is -2.89. The van der Waals surface area contributed by atoms with Crippen LogP contribution in [0.3, 0.4) is 0 Å². The topological polar surface area (TPSA) is 75.5 Å². The molecular formula is C22H27N3O3. The minimum Gasteiger partial charge on any atom is -0.366 e. The van der Waals surface area contributed by atoms with Crippen LogP contribution in [0, 0.1) is 16.0 Å². The number of carbonyl (C=O) groups excluding carboxylic acids is 1. The van der Waals surface area contributed by atoms with Gasteiger partial charge >= 0.3 is 0 Å². The van der Waals surface area contributed by atoms with Crippen molar-refractivity contribution in [3.05, 3.63) is 70.3 Å². The molecule has 1 atom stereocenters. The minimum atomic E-state index is -0.345. The lowest BCUT2D eigenvalue weighted by Gasteiger charge is -2.32. The second-order valence-electron chi connectivity index (χ2n) is 7.27. The number of amides is 1. The minimum absolute atomic E-state index is 0.0349. The zero-order chi connectivity index (χ0) is 19.9. The molecule has 1 amide bonds. The molecule has 0 aliphatic carbocycles. The van der Waals surface area contributed by atoms with Gasteiger partial charge in [-0.25, -0.2) is 0 Å². The number of rotatable bonds is 7. The van der Waals surface area contributed by atoms with E-state index < -0.39 is 0 Å². The van der Waals surface area contributed by atoms with E-state index in [0.29, 0.717) is 44.1 Å². The van der Waals surface area contributed by atoms with Crippen LogP contribution in [-0.2, 0) is 4.79 Å². The number of nitro groups is 1. The van der Waals surface area contributed by atoms with Gasteiger partial charge in [0.25, 0.3) is 5.69 Å². The van der Waals surface area contributed by atoms with Crippen molar-refractivity contribution in [1.29, 1.82) is 0 Å². The Morgan fingerprint density at radius 2 is 1.79 bits per heavy atom.